The molecule has 0 radical (unpaired) electrons. The van der Waals surface area contributed by atoms with Crippen molar-refractivity contribution in [3.05, 3.63) is 53.6 Å². The Bertz CT molecular complexity index is 1210. The Morgan fingerprint density at radius 1 is 0.528 bits per heavy atom. The summed E-state index contributed by atoms with van der Waals surface area (Å²) in [5.74, 6) is -1.82. The molecule has 7 nitrogen and oxygen atoms in total. The molecule has 0 atom stereocenters. The maximum Gasteiger partial charge on any atom is 1.00 e. The summed E-state index contributed by atoms with van der Waals surface area (Å²) in [7, 11) is -5.02. The number of carbonyl (C=O) groups excluding carboxylic acids is 2. The van der Waals surface area contributed by atoms with Crippen molar-refractivity contribution in [3.63, 3.8) is 0 Å². The molecule has 53 heavy (non-hydrogen) atoms. The van der Waals surface area contributed by atoms with Crippen molar-refractivity contribution >= 4 is 22.1 Å². The van der Waals surface area contributed by atoms with E-state index >= 15 is 0 Å². The van der Waals surface area contributed by atoms with Gasteiger partial charge in [-0.25, -0.2) is 18.0 Å². The summed E-state index contributed by atoms with van der Waals surface area (Å²) in [5.41, 5.74) is -0.788. The topological polar surface area (TPSA) is 110 Å². The van der Waals surface area contributed by atoms with Crippen LogP contribution in [0.5, 0.6) is 0 Å². The van der Waals surface area contributed by atoms with E-state index in [1.165, 1.54) is 128 Å². The third-order valence-corrected chi connectivity index (χ3v) is 10.4. The van der Waals surface area contributed by atoms with Gasteiger partial charge in [-0.05, 0) is 76.3 Å². The zero-order valence-electron chi connectivity index (χ0n) is 34.0. The number of ether oxygens (including phenoxy) is 2. The zero-order valence-corrected chi connectivity index (χ0v) is 36.8. The molecule has 0 bridgehead atoms. The van der Waals surface area contributed by atoms with E-state index < -0.39 is 32.5 Å². The van der Waals surface area contributed by atoms with Gasteiger partial charge in [0.1, 0.15) is 10.1 Å². The minimum Gasteiger partial charge on any atom is -0.744 e. The van der Waals surface area contributed by atoms with Crippen molar-refractivity contribution in [1.29, 1.82) is 0 Å². The van der Waals surface area contributed by atoms with E-state index in [2.05, 4.69) is 38.2 Å². The summed E-state index contributed by atoms with van der Waals surface area (Å²) in [6.07, 6.45) is 41.8. The van der Waals surface area contributed by atoms with Crippen LogP contribution in [0.1, 0.15) is 214 Å². The van der Waals surface area contributed by atoms with E-state index in [4.69, 9.17) is 9.47 Å². The van der Waals surface area contributed by atoms with Crippen molar-refractivity contribution in [2.24, 2.45) is 0 Å². The Kier molecular flexibility index (Phi) is 35.2. The van der Waals surface area contributed by atoms with Gasteiger partial charge in [0.15, 0.2) is 0 Å². The molecule has 0 heterocycles. The minimum atomic E-state index is -5.02. The summed E-state index contributed by atoms with van der Waals surface area (Å²) >= 11 is 0. The summed E-state index contributed by atoms with van der Waals surface area (Å²) in [5, 5.41) is 0. The van der Waals surface area contributed by atoms with Gasteiger partial charge in [-0.15, -0.1) is 0 Å². The molecule has 0 aromatic heterocycles. The minimum absolute atomic E-state index is 0. The first-order valence-corrected chi connectivity index (χ1v) is 22.5. The predicted molar refractivity (Wildman–Crippen MR) is 214 cm³/mol. The molecule has 0 aliphatic heterocycles. The smallest absolute Gasteiger partial charge is 0.744 e. The van der Waals surface area contributed by atoms with Crippen molar-refractivity contribution in [2.75, 3.05) is 13.2 Å². The number of rotatable bonds is 35. The fourth-order valence-corrected chi connectivity index (χ4v) is 6.99. The van der Waals surface area contributed by atoms with Crippen LogP contribution in [0.4, 0.5) is 0 Å². The van der Waals surface area contributed by atoms with Crippen LogP contribution in [-0.2, 0) is 19.6 Å². The molecule has 9 heteroatoms. The Hall–Kier alpha value is -1.45. The Labute approximate surface area is 347 Å². The zero-order chi connectivity index (χ0) is 38.0. The van der Waals surface area contributed by atoms with Gasteiger partial charge >= 0.3 is 41.5 Å². The van der Waals surface area contributed by atoms with Gasteiger partial charge in [-0.3, -0.25) is 0 Å². The second kappa shape index (κ2) is 36.2. The molecule has 0 spiro atoms. The van der Waals surface area contributed by atoms with Crippen LogP contribution in [0.25, 0.3) is 0 Å². The number of hydrogen-bond acceptors (Lipinski definition) is 7. The molecule has 0 amide bonds. The van der Waals surface area contributed by atoms with E-state index in [9.17, 15) is 22.6 Å². The molecule has 0 N–H and O–H groups in total. The molecule has 0 saturated heterocycles. The normalized spacial score (nSPS) is 11.7. The molecule has 0 unspecified atom stereocenters. The molecule has 0 aliphatic carbocycles. The maximum atomic E-state index is 13.0. The van der Waals surface area contributed by atoms with Crippen LogP contribution in [-0.4, -0.2) is 38.1 Å². The van der Waals surface area contributed by atoms with Crippen LogP contribution in [0.15, 0.2) is 47.4 Å². The first-order valence-electron chi connectivity index (χ1n) is 21.1. The van der Waals surface area contributed by atoms with E-state index in [0.29, 0.717) is 12.8 Å². The van der Waals surface area contributed by atoms with Gasteiger partial charge < -0.3 is 14.0 Å². The number of unbranched alkanes of at least 4 members (excludes halogenated alkanes) is 24. The maximum absolute atomic E-state index is 13.0. The number of benzene rings is 1. The third-order valence-electron chi connectivity index (χ3n) is 9.50. The number of carbonyl (C=O) groups is 2. The van der Waals surface area contributed by atoms with Gasteiger partial charge in [0.2, 0.25) is 0 Å². The average molecular weight is 769 g/mol. The van der Waals surface area contributed by atoms with Crippen LogP contribution < -0.4 is 29.6 Å². The molecular weight excluding hydrogens is 696 g/mol. The fraction of sp³-hybridized carbons (Fsp3) is 0.727. The third kappa shape index (κ3) is 28.6. The largest absolute Gasteiger partial charge is 1.00 e. The Morgan fingerprint density at radius 3 is 1.25 bits per heavy atom. The standard InChI is InChI=1S/C44H74O7S.Na/c1-3-5-7-9-11-13-15-17-19-21-23-25-27-29-31-33-38-50-43(45)40-36-35-37-41(52(47,48)49)42(40)44(46)51-39-34-32-30-28-26-24-22-20-18-16-14-12-10-8-6-4-2;/h15-18,35-37H,3-14,19-34,38-39H2,1-2H3,(H,47,48,49);/q;+1/p-1/b17-15+,18-16+;. The Balaban J connectivity index is 0.0000270. The average Bonchev–Trinajstić information content (AvgIpc) is 3.13. The summed E-state index contributed by atoms with van der Waals surface area (Å²) in [6, 6.07) is 3.61. The van der Waals surface area contributed by atoms with Crippen LogP contribution in [0, 0.1) is 0 Å². The number of esters is 2. The van der Waals surface area contributed by atoms with E-state index in [1.54, 1.807) is 0 Å². The van der Waals surface area contributed by atoms with Crippen LogP contribution >= 0.6 is 0 Å². The molecule has 1 aromatic carbocycles. The first-order chi connectivity index (χ1) is 25.3. The number of allylic oxidation sites excluding steroid dienone is 4. The Morgan fingerprint density at radius 2 is 0.868 bits per heavy atom. The summed E-state index contributed by atoms with van der Waals surface area (Å²) in [4.78, 5) is 25.1. The molecule has 0 saturated carbocycles. The van der Waals surface area contributed by atoms with E-state index in [1.807, 2.05) is 0 Å². The fourth-order valence-electron chi connectivity index (χ4n) is 6.30. The van der Waals surface area contributed by atoms with Crippen molar-refractivity contribution in [1.82, 2.24) is 0 Å². The quantitative estimate of drug-likeness (QED) is 0.0222. The van der Waals surface area contributed by atoms with Gasteiger partial charge in [-0.1, -0.05) is 160 Å². The monoisotopic (exact) mass is 768 g/mol. The van der Waals surface area contributed by atoms with Gasteiger partial charge in [0.05, 0.1) is 29.2 Å². The number of hydrogen-bond donors (Lipinski definition) is 0. The summed E-state index contributed by atoms with van der Waals surface area (Å²) < 4.78 is 46.6. The van der Waals surface area contributed by atoms with Crippen molar-refractivity contribution in [2.45, 2.75) is 199 Å². The van der Waals surface area contributed by atoms with Crippen molar-refractivity contribution in [3.8, 4) is 0 Å². The SMILES string of the molecule is CCCCCCC/C=C/CCCCCCCCCOC(=O)c1cccc(S(=O)(=O)[O-])c1C(=O)OCCCCCCCCC/C=C/CCCCCCC.[Na+]. The van der Waals surface area contributed by atoms with Crippen LogP contribution in [0.3, 0.4) is 0 Å². The van der Waals surface area contributed by atoms with Gasteiger partial charge in [0.25, 0.3) is 0 Å². The first kappa shape index (κ1) is 51.5. The molecule has 0 aliphatic rings. The molecule has 0 fully saturated rings. The van der Waals surface area contributed by atoms with Crippen LogP contribution in [0.2, 0.25) is 0 Å². The van der Waals surface area contributed by atoms with Crippen molar-refractivity contribution < 1.29 is 61.6 Å². The second-order valence-corrected chi connectivity index (χ2v) is 15.6. The molecule has 1 aromatic rings. The summed E-state index contributed by atoms with van der Waals surface area (Å²) in [6.45, 7) is 4.72. The van der Waals surface area contributed by atoms with Gasteiger partial charge in [-0.2, -0.15) is 0 Å². The predicted octanol–water partition coefficient (Wildman–Crippen LogP) is 9.98. The second-order valence-electron chi connectivity index (χ2n) is 14.3. The molecule has 298 valence electrons. The molecular formula is C44H73NaO7S. The van der Waals surface area contributed by atoms with E-state index in [0.717, 1.165) is 57.4 Å². The van der Waals surface area contributed by atoms with E-state index in [-0.39, 0.29) is 48.3 Å². The van der Waals surface area contributed by atoms with Gasteiger partial charge in [0, 0.05) is 0 Å². The molecule has 1 rings (SSSR count).